The Morgan fingerprint density at radius 3 is 2.94 bits per heavy atom. The van der Waals surface area contributed by atoms with Crippen LogP contribution in [0.15, 0.2) is 11.8 Å². The zero-order chi connectivity index (χ0) is 13.0. The maximum atomic E-state index is 12.3. The monoisotopic (exact) mass is 252 g/mol. The van der Waals surface area contributed by atoms with Crippen LogP contribution in [0, 0.1) is 0 Å². The van der Waals surface area contributed by atoms with Gasteiger partial charge >= 0.3 is 0 Å². The van der Waals surface area contributed by atoms with Crippen molar-refractivity contribution in [3.8, 4) is 0 Å². The maximum absolute atomic E-state index is 12.3. The lowest BCUT2D eigenvalue weighted by Gasteiger charge is -2.28. The van der Waals surface area contributed by atoms with Crippen LogP contribution >= 0.6 is 0 Å². The average Bonchev–Trinajstić information content (AvgIpc) is 2.77. The second-order valence-corrected chi connectivity index (χ2v) is 5.26. The van der Waals surface area contributed by atoms with Crippen molar-refractivity contribution in [1.82, 2.24) is 9.80 Å². The number of likely N-dealkylation sites (N-methyl/N-ethyl adjacent to an activating group) is 1. The molecule has 0 aromatic carbocycles. The quantitative estimate of drug-likeness (QED) is 0.821. The summed E-state index contributed by atoms with van der Waals surface area (Å²) in [6, 6.07) is 0. The number of aliphatic hydroxyl groups is 1. The second kappa shape index (κ2) is 6.34. The number of likely N-dealkylation sites (tertiary alicyclic amines) is 1. The second-order valence-electron chi connectivity index (χ2n) is 5.26. The molecule has 0 saturated carbocycles. The van der Waals surface area contributed by atoms with Gasteiger partial charge in [-0.15, -0.1) is 0 Å². The van der Waals surface area contributed by atoms with E-state index in [1.165, 1.54) is 18.5 Å². The minimum absolute atomic E-state index is 0.180. The molecule has 4 heteroatoms. The molecule has 1 saturated heterocycles. The van der Waals surface area contributed by atoms with Crippen LogP contribution in [0.3, 0.4) is 0 Å². The van der Waals surface area contributed by atoms with Crippen molar-refractivity contribution in [3.05, 3.63) is 11.8 Å². The van der Waals surface area contributed by atoms with E-state index in [1.54, 1.807) is 0 Å². The summed E-state index contributed by atoms with van der Waals surface area (Å²) in [5, 5.41) is 9.48. The van der Waals surface area contributed by atoms with Gasteiger partial charge in [-0.05, 0) is 39.0 Å². The third kappa shape index (κ3) is 3.33. The molecule has 1 heterocycles. The van der Waals surface area contributed by atoms with E-state index in [0.29, 0.717) is 13.1 Å². The van der Waals surface area contributed by atoms with E-state index in [4.69, 9.17) is 0 Å². The van der Waals surface area contributed by atoms with Gasteiger partial charge in [0.1, 0.15) is 0 Å². The van der Waals surface area contributed by atoms with Gasteiger partial charge in [0.2, 0.25) is 5.91 Å². The van der Waals surface area contributed by atoms with E-state index < -0.39 is 0 Å². The molecule has 1 fully saturated rings. The number of amides is 1. The predicted molar refractivity (Wildman–Crippen MR) is 71.0 cm³/mol. The topological polar surface area (TPSA) is 43.8 Å². The third-order valence-electron chi connectivity index (χ3n) is 3.84. The number of carbonyl (C=O) groups is 1. The summed E-state index contributed by atoms with van der Waals surface area (Å²) in [6.07, 6.45) is 7.32. The molecular weight excluding hydrogens is 228 g/mol. The summed E-state index contributed by atoms with van der Waals surface area (Å²) < 4.78 is 0. The molecular formula is C14H24N2O2. The molecule has 4 nitrogen and oxygen atoms in total. The van der Waals surface area contributed by atoms with Crippen LogP contribution in [-0.2, 0) is 4.79 Å². The van der Waals surface area contributed by atoms with Gasteiger partial charge in [-0.25, -0.2) is 0 Å². The molecule has 2 rings (SSSR count). The normalized spacial score (nSPS) is 25.0. The first-order chi connectivity index (χ1) is 8.70. The van der Waals surface area contributed by atoms with Crippen LogP contribution in [0.1, 0.15) is 39.0 Å². The predicted octanol–water partition coefficient (Wildman–Crippen LogP) is 1.36. The van der Waals surface area contributed by atoms with Crippen molar-refractivity contribution in [2.45, 2.75) is 45.1 Å². The summed E-state index contributed by atoms with van der Waals surface area (Å²) in [7, 11) is 0. The molecule has 1 aliphatic heterocycles. The van der Waals surface area contributed by atoms with Crippen molar-refractivity contribution in [2.24, 2.45) is 0 Å². The van der Waals surface area contributed by atoms with Crippen LogP contribution in [0.25, 0.3) is 0 Å². The van der Waals surface area contributed by atoms with E-state index in [2.05, 4.69) is 11.0 Å². The number of nitrogens with zero attached hydrogens (tertiary/aromatic N) is 2. The van der Waals surface area contributed by atoms with E-state index in [0.717, 1.165) is 32.4 Å². The lowest BCUT2D eigenvalue weighted by Crippen LogP contribution is -2.39. The minimum atomic E-state index is -0.248. The van der Waals surface area contributed by atoms with Crippen molar-refractivity contribution in [2.75, 3.05) is 26.2 Å². The molecule has 0 unspecified atom stereocenters. The number of β-amino-alcohol motifs (C(OH)–C–C–N with tert-alkyl or cyclic N) is 1. The van der Waals surface area contributed by atoms with Gasteiger partial charge in [0.25, 0.3) is 0 Å². The Morgan fingerprint density at radius 1 is 1.56 bits per heavy atom. The van der Waals surface area contributed by atoms with Gasteiger partial charge in [0.15, 0.2) is 0 Å². The Morgan fingerprint density at radius 2 is 2.39 bits per heavy atom. The standard InChI is InChI=1S/C14H24N2O2/c1-2-16(12-6-4-3-5-7-12)14(18)11-15-9-8-13(17)10-15/h6,13,17H,2-5,7-11H2,1H3/t13-/m0/s1. The van der Waals surface area contributed by atoms with Crippen molar-refractivity contribution < 1.29 is 9.90 Å². The number of hydrogen-bond donors (Lipinski definition) is 1. The number of rotatable bonds is 4. The molecule has 0 aromatic heterocycles. The van der Waals surface area contributed by atoms with Gasteiger partial charge in [-0.3, -0.25) is 9.69 Å². The first-order valence-corrected chi connectivity index (χ1v) is 7.10. The van der Waals surface area contributed by atoms with E-state index in [9.17, 15) is 9.90 Å². The number of carbonyl (C=O) groups excluding carboxylic acids is 1. The molecule has 0 radical (unpaired) electrons. The maximum Gasteiger partial charge on any atom is 0.240 e. The van der Waals surface area contributed by atoms with Crippen molar-refractivity contribution in [1.29, 1.82) is 0 Å². The molecule has 18 heavy (non-hydrogen) atoms. The summed E-state index contributed by atoms with van der Waals surface area (Å²) in [4.78, 5) is 16.3. The highest BCUT2D eigenvalue weighted by Crippen LogP contribution is 2.21. The summed E-state index contributed by atoms with van der Waals surface area (Å²) in [5.41, 5.74) is 1.20. The number of hydrogen-bond acceptors (Lipinski definition) is 3. The Bertz CT molecular complexity index is 328. The van der Waals surface area contributed by atoms with Gasteiger partial charge < -0.3 is 10.0 Å². The Hall–Kier alpha value is -0.870. The summed E-state index contributed by atoms with van der Waals surface area (Å²) >= 11 is 0. The van der Waals surface area contributed by atoms with Gasteiger partial charge in [-0.1, -0.05) is 6.08 Å². The van der Waals surface area contributed by atoms with Crippen LogP contribution in [0.5, 0.6) is 0 Å². The highest BCUT2D eigenvalue weighted by Gasteiger charge is 2.25. The lowest BCUT2D eigenvalue weighted by atomic mass is 10.0. The zero-order valence-corrected chi connectivity index (χ0v) is 11.3. The van der Waals surface area contributed by atoms with E-state index >= 15 is 0 Å². The molecule has 1 aliphatic carbocycles. The van der Waals surface area contributed by atoms with E-state index in [1.807, 2.05) is 11.8 Å². The molecule has 0 aromatic rings. The fourth-order valence-electron chi connectivity index (χ4n) is 2.84. The van der Waals surface area contributed by atoms with Crippen LogP contribution in [0.4, 0.5) is 0 Å². The Labute approximate surface area is 109 Å². The van der Waals surface area contributed by atoms with Gasteiger partial charge in [0.05, 0.1) is 12.6 Å². The van der Waals surface area contributed by atoms with E-state index in [-0.39, 0.29) is 12.0 Å². The molecule has 1 atom stereocenters. The van der Waals surface area contributed by atoms with Gasteiger partial charge in [0, 0.05) is 25.3 Å². The molecule has 1 N–H and O–H groups in total. The molecule has 0 bridgehead atoms. The number of aliphatic hydroxyl groups excluding tert-OH is 1. The Kier molecular flexibility index (Phi) is 4.78. The molecule has 102 valence electrons. The average molecular weight is 252 g/mol. The first-order valence-electron chi connectivity index (χ1n) is 7.10. The molecule has 2 aliphatic rings. The lowest BCUT2D eigenvalue weighted by molar-refractivity contribution is -0.130. The Balaban J connectivity index is 1.91. The minimum Gasteiger partial charge on any atom is -0.392 e. The van der Waals surface area contributed by atoms with Crippen molar-refractivity contribution >= 4 is 5.91 Å². The molecule has 0 spiro atoms. The fourth-order valence-corrected chi connectivity index (χ4v) is 2.84. The van der Waals surface area contributed by atoms with Crippen molar-refractivity contribution in [3.63, 3.8) is 0 Å². The van der Waals surface area contributed by atoms with Crippen LogP contribution in [-0.4, -0.2) is 53.1 Å². The number of allylic oxidation sites excluding steroid dienone is 2. The van der Waals surface area contributed by atoms with Crippen LogP contribution in [0.2, 0.25) is 0 Å². The zero-order valence-electron chi connectivity index (χ0n) is 11.3. The van der Waals surface area contributed by atoms with Crippen LogP contribution < -0.4 is 0 Å². The fraction of sp³-hybridized carbons (Fsp3) is 0.786. The third-order valence-corrected chi connectivity index (χ3v) is 3.84. The highest BCUT2D eigenvalue weighted by atomic mass is 16.3. The highest BCUT2D eigenvalue weighted by molar-refractivity contribution is 5.80. The first kappa shape index (κ1) is 13.6. The SMILES string of the molecule is CCN(C(=O)CN1CC[C@H](O)C1)C1=CCCCC1. The largest absolute Gasteiger partial charge is 0.392 e. The van der Waals surface area contributed by atoms with Gasteiger partial charge in [-0.2, -0.15) is 0 Å². The summed E-state index contributed by atoms with van der Waals surface area (Å²) in [5.74, 6) is 0.180. The molecule has 1 amide bonds. The summed E-state index contributed by atoms with van der Waals surface area (Å²) in [6.45, 7) is 4.71. The smallest absolute Gasteiger partial charge is 0.240 e.